The van der Waals surface area contributed by atoms with E-state index in [0.717, 1.165) is 18.4 Å². The summed E-state index contributed by atoms with van der Waals surface area (Å²) in [7, 11) is 0. The highest BCUT2D eigenvalue weighted by atomic mass is 16.5. The Kier molecular flexibility index (Phi) is 6.39. The molecule has 1 aromatic heterocycles. The first-order valence-corrected chi connectivity index (χ1v) is 9.51. The summed E-state index contributed by atoms with van der Waals surface area (Å²) in [6, 6.07) is 11.9. The van der Waals surface area contributed by atoms with Crippen molar-refractivity contribution in [3.05, 3.63) is 70.3 Å². The predicted molar refractivity (Wildman–Crippen MR) is 111 cm³/mol. The molecule has 0 saturated carbocycles. The van der Waals surface area contributed by atoms with E-state index in [2.05, 4.69) is 10.3 Å². The van der Waals surface area contributed by atoms with Crippen LogP contribution in [-0.2, 0) is 16.1 Å². The van der Waals surface area contributed by atoms with Crippen molar-refractivity contribution in [2.45, 2.75) is 33.2 Å². The number of benzene rings is 2. The summed E-state index contributed by atoms with van der Waals surface area (Å²) in [5, 5.41) is 3.19. The molecule has 1 N–H and O–H groups in total. The van der Waals surface area contributed by atoms with Gasteiger partial charge in [0.2, 0.25) is 5.91 Å². The van der Waals surface area contributed by atoms with Crippen LogP contribution in [0.15, 0.2) is 53.6 Å². The van der Waals surface area contributed by atoms with Gasteiger partial charge in [0.15, 0.2) is 0 Å². The fraction of sp³-hybridized carbons (Fsp3) is 0.273. The first kappa shape index (κ1) is 20.3. The van der Waals surface area contributed by atoms with Crippen molar-refractivity contribution in [3.63, 3.8) is 0 Å². The zero-order valence-corrected chi connectivity index (χ0v) is 16.5. The third-order valence-electron chi connectivity index (χ3n) is 4.43. The van der Waals surface area contributed by atoms with Crippen LogP contribution in [-0.4, -0.2) is 28.0 Å². The van der Waals surface area contributed by atoms with Gasteiger partial charge in [-0.25, -0.2) is 9.78 Å². The van der Waals surface area contributed by atoms with Gasteiger partial charge in [-0.2, -0.15) is 0 Å². The van der Waals surface area contributed by atoms with Gasteiger partial charge < -0.3 is 10.1 Å². The highest BCUT2D eigenvalue weighted by Crippen LogP contribution is 2.12. The van der Waals surface area contributed by atoms with Crippen LogP contribution in [0.3, 0.4) is 0 Å². The summed E-state index contributed by atoms with van der Waals surface area (Å²) in [4.78, 5) is 41.1. The van der Waals surface area contributed by atoms with Crippen molar-refractivity contribution >= 4 is 28.5 Å². The summed E-state index contributed by atoms with van der Waals surface area (Å²) in [6.45, 7) is 4.15. The number of aryl methyl sites for hydroxylation is 1. The molecule has 0 aliphatic rings. The van der Waals surface area contributed by atoms with Crippen molar-refractivity contribution in [3.8, 4) is 0 Å². The third kappa shape index (κ3) is 5.07. The monoisotopic (exact) mass is 393 g/mol. The quantitative estimate of drug-likeness (QED) is 0.491. The van der Waals surface area contributed by atoms with Crippen LogP contribution in [0.1, 0.15) is 35.7 Å². The van der Waals surface area contributed by atoms with Gasteiger partial charge in [-0.05, 0) is 49.7 Å². The molecule has 0 radical (unpaired) electrons. The van der Waals surface area contributed by atoms with Crippen molar-refractivity contribution in [1.82, 2.24) is 9.55 Å². The molecule has 150 valence electrons. The molecule has 0 aliphatic heterocycles. The van der Waals surface area contributed by atoms with Gasteiger partial charge in [0, 0.05) is 5.69 Å². The maximum absolute atomic E-state index is 12.6. The number of fused-ring (bicyclic) bond motifs is 1. The van der Waals surface area contributed by atoms with E-state index in [1.54, 1.807) is 36.4 Å². The lowest BCUT2D eigenvalue weighted by atomic mass is 10.2. The van der Waals surface area contributed by atoms with E-state index in [9.17, 15) is 14.4 Å². The SMILES string of the molecule is CCCCOC(=O)c1ccc(NC(=O)Cn2cnc3ccc(C)cc3c2=O)cc1. The van der Waals surface area contributed by atoms with Crippen LogP contribution in [0.5, 0.6) is 0 Å². The minimum Gasteiger partial charge on any atom is -0.462 e. The van der Waals surface area contributed by atoms with Crippen LogP contribution < -0.4 is 10.9 Å². The third-order valence-corrected chi connectivity index (χ3v) is 4.43. The molecule has 0 saturated heterocycles. The zero-order valence-electron chi connectivity index (χ0n) is 16.5. The molecule has 0 aliphatic carbocycles. The zero-order chi connectivity index (χ0) is 20.8. The number of nitrogens with one attached hydrogen (secondary N) is 1. The molecule has 7 heteroatoms. The smallest absolute Gasteiger partial charge is 0.338 e. The molecule has 0 spiro atoms. The highest BCUT2D eigenvalue weighted by Gasteiger charge is 2.10. The number of ether oxygens (including phenoxy) is 1. The molecule has 0 atom stereocenters. The Morgan fingerprint density at radius 1 is 1.14 bits per heavy atom. The molecule has 3 rings (SSSR count). The van der Waals surface area contributed by atoms with E-state index >= 15 is 0 Å². The number of carbonyl (C=O) groups excluding carboxylic acids is 2. The Morgan fingerprint density at radius 3 is 2.62 bits per heavy atom. The van der Waals surface area contributed by atoms with Crippen molar-refractivity contribution in [2.24, 2.45) is 0 Å². The topological polar surface area (TPSA) is 90.3 Å². The van der Waals surface area contributed by atoms with Gasteiger partial charge in [-0.3, -0.25) is 14.2 Å². The summed E-state index contributed by atoms with van der Waals surface area (Å²) in [6.07, 6.45) is 3.14. The van der Waals surface area contributed by atoms with E-state index < -0.39 is 0 Å². The average molecular weight is 393 g/mol. The number of unbranched alkanes of at least 4 members (excludes halogenated alkanes) is 1. The van der Waals surface area contributed by atoms with Crippen LogP contribution in [0.4, 0.5) is 5.69 Å². The van der Waals surface area contributed by atoms with Gasteiger partial charge in [0.25, 0.3) is 5.56 Å². The first-order chi connectivity index (χ1) is 14.0. The minimum atomic E-state index is -0.389. The van der Waals surface area contributed by atoms with Crippen LogP contribution in [0.25, 0.3) is 10.9 Å². The van der Waals surface area contributed by atoms with Gasteiger partial charge in [0.1, 0.15) is 6.54 Å². The Hall–Kier alpha value is -3.48. The molecular formula is C22H23N3O4. The molecule has 0 unspecified atom stereocenters. The standard InChI is InChI=1S/C22H23N3O4/c1-3-4-11-29-22(28)16-6-8-17(9-7-16)24-20(26)13-25-14-23-19-10-5-15(2)12-18(19)21(25)27/h5-10,12,14H,3-4,11,13H2,1-2H3,(H,24,26). The Bertz CT molecular complexity index is 1090. The molecule has 0 fully saturated rings. The van der Waals surface area contributed by atoms with Crippen molar-refractivity contribution < 1.29 is 14.3 Å². The summed E-state index contributed by atoms with van der Waals surface area (Å²) in [5.74, 6) is -0.750. The van der Waals surface area contributed by atoms with Gasteiger partial charge >= 0.3 is 5.97 Å². The minimum absolute atomic E-state index is 0.156. The fourth-order valence-corrected chi connectivity index (χ4v) is 2.82. The lowest BCUT2D eigenvalue weighted by molar-refractivity contribution is -0.116. The molecule has 7 nitrogen and oxygen atoms in total. The molecular weight excluding hydrogens is 370 g/mol. The number of aromatic nitrogens is 2. The number of anilines is 1. The van der Waals surface area contributed by atoms with Crippen molar-refractivity contribution in [1.29, 1.82) is 0 Å². The lowest BCUT2D eigenvalue weighted by Gasteiger charge is -2.09. The number of esters is 1. The number of carbonyl (C=O) groups is 2. The maximum atomic E-state index is 12.6. The first-order valence-electron chi connectivity index (χ1n) is 9.51. The molecule has 2 aromatic carbocycles. The second kappa shape index (κ2) is 9.14. The number of rotatable bonds is 7. The summed E-state index contributed by atoms with van der Waals surface area (Å²) in [5.41, 5.74) is 2.23. The second-order valence-electron chi connectivity index (χ2n) is 6.81. The number of hydrogen-bond acceptors (Lipinski definition) is 5. The molecule has 1 heterocycles. The van der Waals surface area contributed by atoms with E-state index in [0.29, 0.717) is 28.8 Å². The fourth-order valence-electron chi connectivity index (χ4n) is 2.82. The lowest BCUT2D eigenvalue weighted by Crippen LogP contribution is -2.28. The van der Waals surface area contributed by atoms with Crippen LogP contribution >= 0.6 is 0 Å². The number of nitrogens with zero attached hydrogens (tertiary/aromatic N) is 2. The van der Waals surface area contributed by atoms with Gasteiger partial charge in [-0.1, -0.05) is 25.0 Å². The normalized spacial score (nSPS) is 10.7. The van der Waals surface area contributed by atoms with E-state index in [1.807, 2.05) is 19.9 Å². The highest BCUT2D eigenvalue weighted by molar-refractivity contribution is 5.93. The predicted octanol–water partition coefficient (Wildman–Crippen LogP) is 3.30. The van der Waals surface area contributed by atoms with E-state index in [-0.39, 0.29) is 24.0 Å². The number of hydrogen-bond donors (Lipinski definition) is 1. The van der Waals surface area contributed by atoms with E-state index in [1.165, 1.54) is 10.9 Å². The van der Waals surface area contributed by atoms with Crippen LogP contribution in [0, 0.1) is 6.92 Å². The molecule has 3 aromatic rings. The summed E-state index contributed by atoms with van der Waals surface area (Å²) >= 11 is 0. The Labute approximate surface area is 168 Å². The largest absolute Gasteiger partial charge is 0.462 e. The molecule has 1 amide bonds. The summed E-state index contributed by atoms with van der Waals surface area (Å²) < 4.78 is 6.43. The van der Waals surface area contributed by atoms with E-state index in [4.69, 9.17) is 4.74 Å². The van der Waals surface area contributed by atoms with Crippen LogP contribution in [0.2, 0.25) is 0 Å². The molecule has 29 heavy (non-hydrogen) atoms. The number of amides is 1. The van der Waals surface area contributed by atoms with Gasteiger partial charge in [-0.15, -0.1) is 0 Å². The second-order valence-corrected chi connectivity index (χ2v) is 6.81. The average Bonchev–Trinajstić information content (AvgIpc) is 2.71. The Morgan fingerprint density at radius 2 is 1.90 bits per heavy atom. The maximum Gasteiger partial charge on any atom is 0.338 e. The molecule has 0 bridgehead atoms. The van der Waals surface area contributed by atoms with Crippen molar-refractivity contribution in [2.75, 3.05) is 11.9 Å². The Balaban J connectivity index is 1.65. The van der Waals surface area contributed by atoms with Gasteiger partial charge in [0.05, 0.1) is 29.4 Å².